The Labute approximate surface area is 82.7 Å². The maximum absolute atomic E-state index is 2.41. The fourth-order valence-corrected chi connectivity index (χ4v) is 2.65. The summed E-state index contributed by atoms with van der Waals surface area (Å²) in [6.07, 6.45) is 2.41. The van der Waals surface area contributed by atoms with E-state index in [-0.39, 0.29) is 0 Å². The predicted molar refractivity (Wildman–Crippen MR) is 59.6 cm³/mol. The molecule has 0 heteroatoms. The van der Waals surface area contributed by atoms with Gasteiger partial charge >= 0.3 is 0 Å². The Bertz CT molecular complexity index is 251. The molecule has 0 spiro atoms. The molecule has 0 aliphatic heterocycles. The highest BCUT2D eigenvalue weighted by Crippen LogP contribution is 2.38. The van der Waals surface area contributed by atoms with Gasteiger partial charge in [0, 0.05) is 0 Å². The number of allylic oxidation sites excluding steroid dienone is 4. The van der Waals surface area contributed by atoms with E-state index in [1.54, 1.807) is 11.1 Å². The highest BCUT2D eigenvalue weighted by atomic mass is 14.3. The van der Waals surface area contributed by atoms with Crippen molar-refractivity contribution in [1.29, 1.82) is 0 Å². The lowest BCUT2D eigenvalue weighted by Gasteiger charge is -2.18. The molecule has 1 aliphatic carbocycles. The van der Waals surface area contributed by atoms with Gasteiger partial charge in [-0.25, -0.2) is 0 Å². The Hall–Kier alpha value is -0.520. The van der Waals surface area contributed by atoms with Crippen LogP contribution in [-0.2, 0) is 0 Å². The van der Waals surface area contributed by atoms with Gasteiger partial charge < -0.3 is 0 Å². The first kappa shape index (κ1) is 10.6. The van der Waals surface area contributed by atoms with E-state index in [0.717, 1.165) is 0 Å². The zero-order valence-electron chi connectivity index (χ0n) is 9.81. The third-order valence-electron chi connectivity index (χ3n) is 2.93. The molecule has 1 atom stereocenters. The zero-order valence-corrected chi connectivity index (χ0v) is 9.81. The molecular weight excluding hydrogens is 156 g/mol. The fraction of sp³-hybridized carbons (Fsp3) is 0.692. The second-order valence-corrected chi connectivity index (χ2v) is 4.82. The first-order valence-electron chi connectivity index (χ1n) is 5.37. The lowest BCUT2D eigenvalue weighted by atomic mass is 9.87. The molecule has 0 fully saturated rings. The van der Waals surface area contributed by atoms with Gasteiger partial charge in [0.2, 0.25) is 0 Å². The van der Waals surface area contributed by atoms with Gasteiger partial charge in [0.1, 0.15) is 0 Å². The summed E-state index contributed by atoms with van der Waals surface area (Å²) in [6.45, 7) is 13.8. The van der Waals surface area contributed by atoms with Gasteiger partial charge in [-0.3, -0.25) is 0 Å². The first-order chi connectivity index (χ1) is 5.95. The summed E-state index contributed by atoms with van der Waals surface area (Å²) in [4.78, 5) is 0. The molecule has 1 rings (SSSR count). The van der Waals surface area contributed by atoms with Crippen LogP contribution in [0.2, 0.25) is 0 Å². The molecule has 1 aliphatic rings. The maximum Gasteiger partial charge on any atom is -0.00372 e. The quantitative estimate of drug-likeness (QED) is 0.594. The second kappa shape index (κ2) is 3.69. The van der Waals surface area contributed by atoms with Crippen molar-refractivity contribution in [3.63, 3.8) is 0 Å². The molecule has 0 bridgehead atoms. The number of hydrogen-bond acceptors (Lipinski definition) is 0. The summed E-state index contributed by atoms with van der Waals surface area (Å²) in [6, 6.07) is 0. The maximum atomic E-state index is 2.41. The summed E-state index contributed by atoms with van der Waals surface area (Å²) in [5.41, 5.74) is 4.78. The van der Waals surface area contributed by atoms with Crippen LogP contribution in [-0.4, -0.2) is 0 Å². The molecular formula is C13H22. The Morgan fingerprint density at radius 1 is 1.08 bits per heavy atom. The Morgan fingerprint density at radius 2 is 1.62 bits per heavy atom. The highest BCUT2D eigenvalue weighted by Gasteiger charge is 2.24. The minimum absolute atomic E-state index is 0.664. The van der Waals surface area contributed by atoms with Gasteiger partial charge in [-0.2, -0.15) is 0 Å². The van der Waals surface area contributed by atoms with Crippen LogP contribution in [0, 0.1) is 17.8 Å². The third kappa shape index (κ3) is 1.87. The van der Waals surface area contributed by atoms with Crippen molar-refractivity contribution in [2.24, 2.45) is 17.8 Å². The monoisotopic (exact) mass is 178 g/mol. The van der Waals surface area contributed by atoms with E-state index >= 15 is 0 Å². The normalized spacial score (nSPS) is 23.4. The molecule has 0 saturated carbocycles. The lowest BCUT2D eigenvalue weighted by Crippen LogP contribution is -2.05. The molecule has 13 heavy (non-hydrogen) atoms. The molecule has 0 radical (unpaired) electrons. The number of hydrogen-bond donors (Lipinski definition) is 0. The van der Waals surface area contributed by atoms with E-state index in [1.165, 1.54) is 5.57 Å². The highest BCUT2D eigenvalue weighted by molar-refractivity contribution is 5.44. The molecule has 74 valence electrons. The van der Waals surface area contributed by atoms with Crippen LogP contribution in [0.1, 0.15) is 41.5 Å². The standard InChI is InChI=1S/C13H22/c1-8(2)12-10(5)7-11(6)13(12)9(3)4/h7-10H,1-6H3. The van der Waals surface area contributed by atoms with Crippen molar-refractivity contribution in [2.75, 3.05) is 0 Å². The summed E-state index contributed by atoms with van der Waals surface area (Å²) >= 11 is 0. The number of rotatable bonds is 2. The lowest BCUT2D eigenvalue weighted by molar-refractivity contribution is 0.643. The second-order valence-electron chi connectivity index (χ2n) is 4.82. The predicted octanol–water partition coefficient (Wildman–Crippen LogP) is 4.19. The van der Waals surface area contributed by atoms with Crippen molar-refractivity contribution >= 4 is 0 Å². The Morgan fingerprint density at radius 3 is 1.92 bits per heavy atom. The van der Waals surface area contributed by atoms with Crippen LogP contribution in [0.25, 0.3) is 0 Å². The van der Waals surface area contributed by atoms with Crippen molar-refractivity contribution < 1.29 is 0 Å². The van der Waals surface area contributed by atoms with Gasteiger partial charge in [0.15, 0.2) is 0 Å². The van der Waals surface area contributed by atoms with E-state index in [1.807, 2.05) is 0 Å². The topological polar surface area (TPSA) is 0 Å². The average Bonchev–Trinajstić information content (AvgIpc) is 2.24. The molecule has 0 saturated heterocycles. The van der Waals surface area contributed by atoms with Crippen molar-refractivity contribution in [2.45, 2.75) is 41.5 Å². The van der Waals surface area contributed by atoms with E-state index in [2.05, 4.69) is 47.6 Å². The zero-order chi connectivity index (χ0) is 10.2. The van der Waals surface area contributed by atoms with Crippen LogP contribution in [0.4, 0.5) is 0 Å². The van der Waals surface area contributed by atoms with E-state index in [0.29, 0.717) is 17.8 Å². The van der Waals surface area contributed by atoms with Crippen LogP contribution in [0.5, 0.6) is 0 Å². The van der Waals surface area contributed by atoms with Crippen molar-refractivity contribution in [3.05, 3.63) is 22.8 Å². The largest absolute Gasteiger partial charge is 0.0744 e. The van der Waals surface area contributed by atoms with Crippen LogP contribution < -0.4 is 0 Å². The van der Waals surface area contributed by atoms with Crippen molar-refractivity contribution in [1.82, 2.24) is 0 Å². The molecule has 0 aromatic rings. The van der Waals surface area contributed by atoms with E-state index < -0.39 is 0 Å². The van der Waals surface area contributed by atoms with Crippen LogP contribution in [0.3, 0.4) is 0 Å². The molecule has 0 heterocycles. The van der Waals surface area contributed by atoms with Gasteiger partial charge in [0.05, 0.1) is 0 Å². The summed E-state index contributed by atoms with van der Waals surface area (Å²) in [7, 11) is 0. The Kier molecular flexibility index (Phi) is 3.00. The third-order valence-corrected chi connectivity index (χ3v) is 2.93. The molecule has 0 aromatic heterocycles. The first-order valence-corrected chi connectivity index (χ1v) is 5.37. The smallest absolute Gasteiger partial charge is 0.00372 e. The Balaban J connectivity index is 3.11. The summed E-state index contributed by atoms with van der Waals surface area (Å²) in [5, 5.41) is 0. The van der Waals surface area contributed by atoms with E-state index in [4.69, 9.17) is 0 Å². The van der Waals surface area contributed by atoms with Gasteiger partial charge in [-0.15, -0.1) is 0 Å². The summed E-state index contributed by atoms with van der Waals surface area (Å²) < 4.78 is 0. The van der Waals surface area contributed by atoms with Crippen LogP contribution >= 0.6 is 0 Å². The molecule has 0 amide bonds. The van der Waals surface area contributed by atoms with Gasteiger partial charge in [-0.1, -0.05) is 51.8 Å². The minimum atomic E-state index is 0.664. The van der Waals surface area contributed by atoms with Gasteiger partial charge in [-0.05, 0) is 30.3 Å². The minimum Gasteiger partial charge on any atom is -0.0744 e. The van der Waals surface area contributed by atoms with Crippen molar-refractivity contribution in [3.8, 4) is 0 Å². The van der Waals surface area contributed by atoms with Crippen LogP contribution in [0.15, 0.2) is 22.8 Å². The summed E-state index contributed by atoms with van der Waals surface area (Å²) in [5.74, 6) is 2.04. The molecule has 1 unspecified atom stereocenters. The van der Waals surface area contributed by atoms with E-state index in [9.17, 15) is 0 Å². The SMILES string of the molecule is CC1=CC(C)C(C(C)C)=C1C(C)C. The molecule has 0 nitrogen and oxygen atoms in total. The van der Waals surface area contributed by atoms with Gasteiger partial charge in [0.25, 0.3) is 0 Å². The molecule has 0 aromatic carbocycles. The molecule has 0 N–H and O–H groups in total. The fourth-order valence-electron chi connectivity index (χ4n) is 2.65. The average molecular weight is 178 g/mol.